The monoisotopic (exact) mass is 489 g/mol. The molecule has 3 fully saturated rings. The second-order valence-corrected chi connectivity index (χ2v) is 11.2. The van der Waals surface area contributed by atoms with E-state index in [0.717, 1.165) is 67.6 Å². The zero-order chi connectivity index (χ0) is 24.7. The SMILES string of the molecule is CN1CCN(Cc2cc(-c3ccc(F)cc3)ccc2OCC(=O)NC[C@@H]2C[C@H]3C=C[C@@H]2C32CC2)CC1. The van der Waals surface area contributed by atoms with Gasteiger partial charge in [-0.05, 0) is 84.9 Å². The minimum Gasteiger partial charge on any atom is -0.483 e. The van der Waals surface area contributed by atoms with Crippen LogP contribution in [0.4, 0.5) is 4.39 Å². The number of allylic oxidation sites excluding steroid dienone is 2. The molecule has 3 atom stereocenters. The number of hydrogen-bond donors (Lipinski definition) is 1. The van der Waals surface area contributed by atoms with Crippen molar-refractivity contribution in [3.63, 3.8) is 0 Å². The molecule has 5 nitrogen and oxygen atoms in total. The van der Waals surface area contributed by atoms with Gasteiger partial charge in [-0.3, -0.25) is 9.69 Å². The number of benzene rings is 2. The number of carbonyl (C=O) groups is 1. The molecule has 1 N–H and O–H groups in total. The summed E-state index contributed by atoms with van der Waals surface area (Å²) < 4.78 is 19.5. The Morgan fingerprint density at radius 1 is 1.06 bits per heavy atom. The fraction of sp³-hybridized carbons (Fsp3) is 0.500. The topological polar surface area (TPSA) is 44.8 Å². The molecule has 1 aliphatic heterocycles. The molecule has 6 heteroatoms. The van der Waals surface area contributed by atoms with E-state index >= 15 is 0 Å². The normalized spacial score (nSPS) is 26.4. The first kappa shape index (κ1) is 23.7. The van der Waals surface area contributed by atoms with Gasteiger partial charge in [0.2, 0.25) is 0 Å². The van der Waals surface area contributed by atoms with Crippen molar-refractivity contribution in [3.05, 3.63) is 66.0 Å². The largest absolute Gasteiger partial charge is 0.483 e. The molecule has 4 aliphatic rings. The quantitative estimate of drug-likeness (QED) is 0.561. The van der Waals surface area contributed by atoms with Gasteiger partial charge in [-0.15, -0.1) is 0 Å². The van der Waals surface area contributed by atoms with E-state index in [1.165, 1.54) is 31.4 Å². The molecule has 3 aliphatic carbocycles. The van der Waals surface area contributed by atoms with Crippen LogP contribution in [0, 0.1) is 29.0 Å². The lowest BCUT2D eigenvalue weighted by Gasteiger charge is -2.32. The van der Waals surface area contributed by atoms with Crippen molar-refractivity contribution >= 4 is 5.91 Å². The summed E-state index contributed by atoms with van der Waals surface area (Å²) in [5, 5.41) is 3.14. The fourth-order valence-corrected chi connectivity index (χ4v) is 6.71. The zero-order valence-electron chi connectivity index (χ0n) is 21.1. The minimum absolute atomic E-state index is 0.0213. The van der Waals surface area contributed by atoms with Crippen LogP contribution in [0.1, 0.15) is 24.8 Å². The van der Waals surface area contributed by atoms with Crippen molar-refractivity contribution in [2.45, 2.75) is 25.8 Å². The van der Waals surface area contributed by atoms with Crippen molar-refractivity contribution in [2.24, 2.45) is 23.2 Å². The maximum Gasteiger partial charge on any atom is 0.257 e. The van der Waals surface area contributed by atoms with Crippen molar-refractivity contribution in [1.29, 1.82) is 0 Å². The Bertz CT molecular complexity index is 1140. The molecule has 0 unspecified atom stereocenters. The van der Waals surface area contributed by atoms with Gasteiger partial charge in [0, 0.05) is 44.8 Å². The summed E-state index contributed by atoms with van der Waals surface area (Å²) in [6.45, 7) is 5.60. The number of carbonyl (C=O) groups excluding carboxylic acids is 1. The van der Waals surface area contributed by atoms with Crippen LogP contribution in [0.3, 0.4) is 0 Å². The number of nitrogens with one attached hydrogen (secondary N) is 1. The Balaban J connectivity index is 1.10. The van der Waals surface area contributed by atoms with E-state index < -0.39 is 0 Å². The molecule has 1 heterocycles. The highest BCUT2D eigenvalue weighted by Gasteiger charge is 2.62. The number of hydrogen-bond acceptors (Lipinski definition) is 4. The zero-order valence-corrected chi connectivity index (χ0v) is 21.1. The molecule has 0 radical (unpaired) electrons. The van der Waals surface area contributed by atoms with Crippen LogP contribution in [-0.2, 0) is 11.3 Å². The number of likely N-dealkylation sites (N-methyl/N-ethyl adjacent to an activating group) is 1. The van der Waals surface area contributed by atoms with Gasteiger partial charge in [-0.1, -0.05) is 30.4 Å². The number of amides is 1. The van der Waals surface area contributed by atoms with E-state index in [2.05, 4.69) is 40.4 Å². The third kappa shape index (κ3) is 4.69. The van der Waals surface area contributed by atoms with Crippen LogP contribution in [0.2, 0.25) is 0 Å². The summed E-state index contributed by atoms with van der Waals surface area (Å²) in [4.78, 5) is 17.5. The molecular weight excluding hydrogens is 453 g/mol. The average molecular weight is 490 g/mol. The smallest absolute Gasteiger partial charge is 0.257 e. The Labute approximate surface area is 213 Å². The Morgan fingerprint density at radius 3 is 2.53 bits per heavy atom. The Morgan fingerprint density at radius 2 is 1.81 bits per heavy atom. The predicted molar refractivity (Wildman–Crippen MR) is 139 cm³/mol. The first-order valence-corrected chi connectivity index (χ1v) is 13.4. The van der Waals surface area contributed by atoms with Gasteiger partial charge < -0.3 is 15.0 Å². The summed E-state index contributed by atoms with van der Waals surface area (Å²) >= 11 is 0. The highest BCUT2D eigenvalue weighted by Crippen LogP contribution is 2.69. The third-order valence-corrected chi connectivity index (χ3v) is 8.99. The molecule has 0 aromatic heterocycles. The minimum atomic E-state index is -0.240. The number of halogens is 1. The number of piperazine rings is 1. The Kier molecular flexibility index (Phi) is 6.34. The Hall–Kier alpha value is -2.70. The van der Waals surface area contributed by atoms with E-state index in [4.69, 9.17) is 4.74 Å². The lowest BCUT2D eigenvalue weighted by molar-refractivity contribution is -0.123. The van der Waals surface area contributed by atoms with Crippen molar-refractivity contribution in [3.8, 4) is 16.9 Å². The van der Waals surface area contributed by atoms with Gasteiger partial charge in [-0.2, -0.15) is 0 Å². The second-order valence-electron chi connectivity index (χ2n) is 11.2. The molecule has 2 bridgehead atoms. The van der Waals surface area contributed by atoms with Gasteiger partial charge in [-0.25, -0.2) is 4.39 Å². The van der Waals surface area contributed by atoms with Crippen molar-refractivity contribution < 1.29 is 13.9 Å². The molecule has 2 saturated carbocycles. The summed E-state index contributed by atoms with van der Waals surface area (Å²) in [6.07, 6.45) is 8.74. The van der Waals surface area contributed by atoms with Gasteiger partial charge in [0.1, 0.15) is 11.6 Å². The maximum absolute atomic E-state index is 13.4. The van der Waals surface area contributed by atoms with Crippen LogP contribution in [0.15, 0.2) is 54.6 Å². The van der Waals surface area contributed by atoms with Gasteiger partial charge in [0.05, 0.1) is 0 Å². The lowest BCUT2D eigenvalue weighted by Crippen LogP contribution is -2.43. The summed E-state index contributed by atoms with van der Waals surface area (Å²) in [7, 11) is 2.15. The van der Waals surface area contributed by atoms with Crippen molar-refractivity contribution in [2.75, 3.05) is 46.4 Å². The van der Waals surface area contributed by atoms with Gasteiger partial charge in [0.25, 0.3) is 5.91 Å². The molecule has 2 aromatic carbocycles. The first-order chi connectivity index (χ1) is 17.5. The van der Waals surface area contributed by atoms with E-state index in [1.54, 1.807) is 12.1 Å². The first-order valence-electron chi connectivity index (χ1n) is 13.4. The molecule has 36 heavy (non-hydrogen) atoms. The van der Waals surface area contributed by atoms with E-state index in [0.29, 0.717) is 17.3 Å². The van der Waals surface area contributed by atoms with Crippen LogP contribution in [0.25, 0.3) is 11.1 Å². The highest BCUT2D eigenvalue weighted by atomic mass is 19.1. The van der Waals surface area contributed by atoms with E-state index in [1.807, 2.05) is 12.1 Å². The molecule has 6 rings (SSSR count). The molecule has 2 aromatic rings. The van der Waals surface area contributed by atoms with Crippen LogP contribution in [0.5, 0.6) is 5.75 Å². The molecule has 1 saturated heterocycles. The van der Waals surface area contributed by atoms with Crippen LogP contribution >= 0.6 is 0 Å². The summed E-state index contributed by atoms with van der Waals surface area (Å²) in [6, 6.07) is 12.6. The fourth-order valence-electron chi connectivity index (χ4n) is 6.71. The predicted octanol–water partition coefficient (Wildman–Crippen LogP) is 4.34. The molecular formula is C30H36FN3O2. The summed E-state index contributed by atoms with van der Waals surface area (Å²) in [5.74, 6) is 2.40. The highest BCUT2D eigenvalue weighted by molar-refractivity contribution is 5.77. The second kappa shape index (κ2) is 9.64. The standard InChI is InChI=1S/C30H36FN3O2/c1-33-12-14-34(15-13-33)19-24-16-22(21-2-6-26(31)7-3-21)4-9-28(24)36-20-29(35)32-18-23-17-25-5-8-27(23)30(25)10-11-30/h2-9,16,23,25,27H,10-15,17-20H2,1H3,(H,32,35)/t23-,25+,27-/m0/s1. The molecule has 190 valence electrons. The van der Waals surface area contributed by atoms with Crippen molar-refractivity contribution in [1.82, 2.24) is 15.1 Å². The van der Waals surface area contributed by atoms with Gasteiger partial charge in [0.15, 0.2) is 6.61 Å². The number of rotatable bonds is 8. The third-order valence-electron chi connectivity index (χ3n) is 8.99. The van der Waals surface area contributed by atoms with Crippen LogP contribution < -0.4 is 10.1 Å². The number of ether oxygens (including phenoxy) is 1. The van der Waals surface area contributed by atoms with Gasteiger partial charge >= 0.3 is 0 Å². The van der Waals surface area contributed by atoms with E-state index in [9.17, 15) is 9.18 Å². The maximum atomic E-state index is 13.4. The van der Waals surface area contributed by atoms with E-state index in [-0.39, 0.29) is 18.3 Å². The molecule has 1 amide bonds. The average Bonchev–Trinajstić information content (AvgIpc) is 3.56. The lowest BCUT2D eigenvalue weighted by atomic mass is 9.89. The summed E-state index contributed by atoms with van der Waals surface area (Å²) in [5.41, 5.74) is 3.60. The number of nitrogens with zero attached hydrogens (tertiary/aromatic N) is 2. The van der Waals surface area contributed by atoms with Crippen LogP contribution in [-0.4, -0.2) is 62.1 Å². The molecule has 1 spiro atoms.